The Kier molecular flexibility index (Phi) is 5.10. The third-order valence-electron chi connectivity index (χ3n) is 6.09. The molecule has 2 N–H and O–H groups in total. The number of nitrogens with zero attached hydrogens (tertiary/aromatic N) is 3. The lowest BCUT2D eigenvalue weighted by atomic mass is 9.94. The molecule has 5 rings (SSSR count). The molecule has 0 radical (unpaired) electrons. The van der Waals surface area contributed by atoms with Crippen molar-refractivity contribution in [2.45, 2.75) is 32.7 Å². The first-order valence-electron chi connectivity index (χ1n) is 10.9. The summed E-state index contributed by atoms with van der Waals surface area (Å²) in [7, 11) is 0. The molecule has 0 bridgehead atoms. The normalized spacial score (nSPS) is 16.3. The third-order valence-corrected chi connectivity index (χ3v) is 6.09. The number of H-pyrrole nitrogens is 1. The molecule has 0 saturated carbocycles. The summed E-state index contributed by atoms with van der Waals surface area (Å²) in [6.07, 6.45) is 1.55. The van der Waals surface area contributed by atoms with Crippen LogP contribution in [-0.2, 0) is 4.79 Å². The van der Waals surface area contributed by atoms with Gasteiger partial charge in [0.2, 0.25) is 5.91 Å². The van der Waals surface area contributed by atoms with E-state index in [1.54, 1.807) is 0 Å². The van der Waals surface area contributed by atoms with Crippen LogP contribution in [0.5, 0.6) is 0 Å². The predicted molar refractivity (Wildman–Crippen MR) is 121 cm³/mol. The van der Waals surface area contributed by atoms with Gasteiger partial charge < -0.3 is 19.6 Å². The topological polar surface area (TPSA) is 87.1 Å². The molecule has 31 heavy (non-hydrogen) atoms. The van der Waals surface area contributed by atoms with E-state index in [9.17, 15) is 4.79 Å². The Morgan fingerprint density at radius 1 is 1.06 bits per heavy atom. The average Bonchev–Trinajstić information content (AvgIpc) is 3.41. The maximum Gasteiger partial charge on any atom is 0.298 e. The van der Waals surface area contributed by atoms with Crippen molar-refractivity contribution in [1.29, 1.82) is 0 Å². The van der Waals surface area contributed by atoms with Crippen LogP contribution in [0.25, 0.3) is 22.1 Å². The van der Waals surface area contributed by atoms with Crippen LogP contribution in [0.2, 0.25) is 0 Å². The van der Waals surface area contributed by atoms with Crippen molar-refractivity contribution in [3.8, 4) is 0 Å². The second-order valence-corrected chi connectivity index (χ2v) is 8.59. The molecule has 2 aromatic carbocycles. The first-order chi connectivity index (χ1) is 15.1. The van der Waals surface area contributed by atoms with Crippen molar-refractivity contribution in [3.05, 3.63) is 54.4 Å². The molecule has 4 aromatic rings. The number of amides is 1. The summed E-state index contributed by atoms with van der Waals surface area (Å²) >= 11 is 0. The number of hydrogen-bond acceptors (Lipinski definition) is 5. The van der Waals surface area contributed by atoms with E-state index in [1.807, 2.05) is 48.5 Å². The maximum absolute atomic E-state index is 13.1. The number of piperidine rings is 1. The molecule has 7 heteroatoms. The molecule has 0 spiro atoms. The van der Waals surface area contributed by atoms with E-state index in [-0.39, 0.29) is 23.8 Å². The molecule has 1 atom stereocenters. The molecular formula is C24H27N5O2. The van der Waals surface area contributed by atoms with E-state index in [1.165, 1.54) is 0 Å². The number of carbonyl (C=O) groups excluding carboxylic acids is 1. The molecule has 1 fully saturated rings. The molecule has 7 nitrogen and oxygen atoms in total. The van der Waals surface area contributed by atoms with E-state index in [4.69, 9.17) is 9.40 Å². The number of fused-ring (bicyclic) bond motifs is 2. The second-order valence-electron chi connectivity index (χ2n) is 8.59. The molecule has 3 heterocycles. The lowest BCUT2D eigenvalue weighted by molar-refractivity contribution is -0.126. The number of aromatic nitrogens is 3. The minimum Gasteiger partial charge on any atom is -0.423 e. The third kappa shape index (κ3) is 3.87. The molecule has 1 saturated heterocycles. The molecule has 1 amide bonds. The summed E-state index contributed by atoms with van der Waals surface area (Å²) in [6.45, 7) is 5.71. The monoisotopic (exact) mass is 417 g/mol. The van der Waals surface area contributed by atoms with E-state index in [0.717, 1.165) is 53.9 Å². The molecule has 1 aliphatic heterocycles. The van der Waals surface area contributed by atoms with Crippen molar-refractivity contribution in [1.82, 2.24) is 20.3 Å². The van der Waals surface area contributed by atoms with Gasteiger partial charge in [-0.3, -0.25) is 4.79 Å². The van der Waals surface area contributed by atoms with E-state index >= 15 is 0 Å². The Labute approximate surface area is 180 Å². The number of imidazole rings is 1. The van der Waals surface area contributed by atoms with Crippen LogP contribution in [0.3, 0.4) is 0 Å². The molecule has 2 aromatic heterocycles. The van der Waals surface area contributed by atoms with Crippen LogP contribution in [0, 0.1) is 11.8 Å². The van der Waals surface area contributed by atoms with Gasteiger partial charge in [-0.1, -0.05) is 38.1 Å². The van der Waals surface area contributed by atoms with Crippen LogP contribution >= 0.6 is 0 Å². The van der Waals surface area contributed by atoms with E-state index in [2.05, 4.69) is 34.0 Å². The van der Waals surface area contributed by atoms with Crippen molar-refractivity contribution in [3.63, 3.8) is 0 Å². The van der Waals surface area contributed by atoms with Crippen LogP contribution < -0.4 is 10.2 Å². The van der Waals surface area contributed by atoms with Gasteiger partial charge in [-0.05, 0) is 43.0 Å². The molecule has 1 aliphatic rings. The van der Waals surface area contributed by atoms with Gasteiger partial charge in [-0.15, -0.1) is 0 Å². The zero-order valence-electron chi connectivity index (χ0n) is 17.8. The number of hydrogen-bond donors (Lipinski definition) is 2. The van der Waals surface area contributed by atoms with Crippen LogP contribution in [0.4, 0.5) is 6.01 Å². The number of para-hydroxylation sites is 4. The number of carbonyl (C=O) groups is 1. The number of rotatable bonds is 5. The Morgan fingerprint density at radius 2 is 1.77 bits per heavy atom. The summed E-state index contributed by atoms with van der Waals surface area (Å²) < 4.78 is 5.89. The predicted octanol–water partition coefficient (Wildman–Crippen LogP) is 4.43. The smallest absolute Gasteiger partial charge is 0.298 e. The summed E-state index contributed by atoms with van der Waals surface area (Å²) in [5.74, 6) is 1.11. The van der Waals surface area contributed by atoms with Crippen molar-refractivity contribution >= 4 is 34.1 Å². The Balaban J connectivity index is 1.24. The lowest BCUT2D eigenvalue weighted by Crippen LogP contribution is -2.42. The number of aromatic amines is 1. The number of oxazole rings is 1. The van der Waals surface area contributed by atoms with Gasteiger partial charge >= 0.3 is 0 Å². The Bertz CT molecular complexity index is 1140. The fourth-order valence-corrected chi connectivity index (χ4v) is 4.27. The molecule has 0 aliphatic carbocycles. The maximum atomic E-state index is 13.1. The average molecular weight is 418 g/mol. The minimum atomic E-state index is -0.144. The van der Waals surface area contributed by atoms with E-state index in [0.29, 0.717) is 6.01 Å². The van der Waals surface area contributed by atoms with Crippen molar-refractivity contribution in [2.75, 3.05) is 18.0 Å². The fourth-order valence-electron chi connectivity index (χ4n) is 4.27. The quantitative estimate of drug-likeness (QED) is 0.501. The zero-order valence-corrected chi connectivity index (χ0v) is 17.8. The number of benzene rings is 2. The van der Waals surface area contributed by atoms with Gasteiger partial charge in [0.05, 0.1) is 17.1 Å². The highest BCUT2D eigenvalue weighted by atomic mass is 16.4. The van der Waals surface area contributed by atoms with Crippen LogP contribution in [-0.4, -0.2) is 33.9 Å². The second kappa shape index (κ2) is 8.06. The van der Waals surface area contributed by atoms with Gasteiger partial charge in [-0.2, -0.15) is 4.98 Å². The van der Waals surface area contributed by atoms with E-state index < -0.39 is 0 Å². The number of anilines is 1. The highest BCUT2D eigenvalue weighted by Gasteiger charge is 2.30. The minimum absolute atomic E-state index is 0.0220. The highest BCUT2D eigenvalue weighted by molar-refractivity contribution is 5.80. The van der Waals surface area contributed by atoms with Crippen molar-refractivity contribution in [2.24, 2.45) is 11.8 Å². The van der Waals surface area contributed by atoms with Crippen molar-refractivity contribution < 1.29 is 9.21 Å². The summed E-state index contributed by atoms with van der Waals surface area (Å²) in [5, 5.41) is 3.25. The first kappa shape index (κ1) is 19.6. The summed E-state index contributed by atoms with van der Waals surface area (Å²) in [5.41, 5.74) is 3.57. The molecule has 160 valence electrons. The summed E-state index contributed by atoms with van der Waals surface area (Å²) in [6, 6.07) is 16.2. The SMILES string of the molecule is CC(C)[C@H](NC(=O)C1CCN(c2nc3ccccc3o2)CC1)c1nc2ccccc2[nH]1. The van der Waals surface area contributed by atoms with Crippen LogP contribution in [0.1, 0.15) is 38.6 Å². The lowest BCUT2D eigenvalue weighted by Gasteiger charge is -2.31. The fraction of sp³-hybridized carbons (Fsp3) is 0.375. The van der Waals surface area contributed by atoms with Gasteiger partial charge in [0, 0.05) is 19.0 Å². The summed E-state index contributed by atoms with van der Waals surface area (Å²) in [4.78, 5) is 27.9. The molecule has 0 unspecified atom stereocenters. The largest absolute Gasteiger partial charge is 0.423 e. The zero-order chi connectivity index (χ0) is 21.4. The van der Waals surface area contributed by atoms with Gasteiger partial charge in [0.15, 0.2) is 5.58 Å². The van der Waals surface area contributed by atoms with Gasteiger partial charge in [0.25, 0.3) is 6.01 Å². The molecular weight excluding hydrogens is 390 g/mol. The van der Waals surface area contributed by atoms with Gasteiger partial charge in [-0.25, -0.2) is 4.98 Å². The van der Waals surface area contributed by atoms with Gasteiger partial charge in [0.1, 0.15) is 11.3 Å². The highest BCUT2D eigenvalue weighted by Crippen LogP contribution is 2.28. The Hall–Kier alpha value is -3.35. The number of nitrogens with one attached hydrogen (secondary N) is 2. The van der Waals surface area contributed by atoms with Crippen LogP contribution in [0.15, 0.2) is 52.9 Å². The standard InChI is InChI=1S/C24H27N5O2/c1-15(2)21(22-25-17-7-3-4-8-18(17)26-22)28-23(30)16-11-13-29(14-12-16)24-27-19-9-5-6-10-20(19)31-24/h3-10,15-16,21H,11-14H2,1-2H3,(H,25,26)(H,28,30)/t21-/m0/s1. The Morgan fingerprint density at radius 3 is 2.48 bits per heavy atom. The first-order valence-corrected chi connectivity index (χ1v) is 10.9.